The average molecular weight is 296 g/mol. The number of methoxy groups -OCH3 is 2. The van der Waals surface area contributed by atoms with Gasteiger partial charge in [0, 0.05) is 45.0 Å². The molecule has 0 spiro atoms. The Bertz CT molecular complexity index is 470. The fourth-order valence-corrected chi connectivity index (χ4v) is 1.80. The highest BCUT2D eigenvalue weighted by Gasteiger charge is 2.15. The monoisotopic (exact) mass is 296 g/mol. The lowest BCUT2D eigenvalue weighted by Gasteiger charge is -2.20. The third-order valence-electron chi connectivity index (χ3n) is 2.97. The molecule has 116 valence electrons. The molecule has 7 heteroatoms. The summed E-state index contributed by atoms with van der Waals surface area (Å²) in [5, 5.41) is 10.7. The summed E-state index contributed by atoms with van der Waals surface area (Å²) >= 11 is 0. The number of carbonyl (C=O) groups is 1. The molecule has 0 heterocycles. The minimum atomic E-state index is -0.510. The van der Waals surface area contributed by atoms with Crippen LogP contribution < -0.4 is 0 Å². The average Bonchev–Trinajstić information content (AvgIpc) is 2.49. The molecule has 0 unspecified atom stereocenters. The minimum Gasteiger partial charge on any atom is -0.383 e. The molecular weight excluding hydrogens is 276 g/mol. The topological polar surface area (TPSA) is 81.9 Å². The van der Waals surface area contributed by atoms with Crippen LogP contribution in [0.3, 0.4) is 0 Å². The van der Waals surface area contributed by atoms with Crippen LogP contribution in [-0.2, 0) is 9.47 Å². The number of rotatable bonds is 10. The van der Waals surface area contributed by atoms with E-state index in [9.17, 15) is 14.9 Å². The van der Waals surface area contributed by atoms with Crippen molar-refractivity contribution < 1.29 is 19.2 Å². The number of non-ortho nitro benzene ring substituents is 1. The van der Waals surface area contributed by atoms with Gasteiger partial charge >= 0.3 is 0 Å². The maximum Gasteiger partial charge on any atom is 0.270 e. The number of nitrogens with zero attached hydrogens (tertiary/aromatic N) is 2. The standard InChI is InChI=1S/C14H20N2O5/c1-20-8-6-15(7-9-21-2)11-14(17)12-4-3-5-13(10-12)16(18)19/h3-5,10H,6-9,11H2,1-2H3. The first-order valence-corrected chi connectivity index (χ1v) is 6.56. The first-order valence-electron chi connectivity index (χ1n) is 6.56. The number of nitro benzene ring substituents is 1. The predicted octanol–water partition coefficient (Wildman–Crippen LogP) is 1.37. The largest absolute Gasteiger partial charge is 0.383 e. The molecule has 7 nitrogen and oxygen atoms in total. The molecule has 0 aromatic heterocycles. The van der Waals surface area contributed by atoms with Crippen molar-refractivity contribution in [3.8, 4) is 0 Å². The van der Waals surface area contributed by atoms with Crippen LogP contribution in [-0.4, -0.2) is 62.7 Å². The van der Waals surface area contributed by atoms with Gasteiger partial charge in [-0.15, -0.1) is 0 Å². The Morgan fingerprint density at radius 1 is 1.24 bits per heavy atom. The van der Waals surface area contributed by atoms with Crippen molar-refractivity contribution in [2.24, 2.45) is 0 Å². The van der Waals surface area contributed by atoms with Gasteiger partial charge in [-0.1, -0.05) is 12.1 Å². The quantitative estimate of drug-likeness (QED) is 0.368. The van der Waals surface area contributed by atoms with Gasteiger partial charge in [-0.05, 0) is 0 Å². The molecule has 1 aromatic rings. The lowest BCUT2D eigenvalue weighted by molar-refractivity contribution is -0.384. The zero-order valence-electron chi connectivity index (χ0n) is 12.3. The number of benzene rings is 1. The van der Waals surface area contributed by atoms with Gasteiger partial charge < -0.3 is 9.47 Å². The van der Waals surface area contributed by atoms with Gasteiger partial charge in [-0.2, -0.15) is 0 Å². The summed E-state index contributed by atoms with van der Waals surface area (Å²) in [5.74, 6) is -0.161. The summed E-state index contributed by atoms with van der Waals surface area (Å²) in [5.41, 5.74) is 0.255. The molecule has 0 aliphatic heterocycles. The third-order valence-corrected chi connectivity index (χ3v) is 2.97. The fourth-order valence-electron chi connectivity index (χ4n) is 1.80. The van der Waals surface area contributed by atoms with Crippen LogP contribution in [0.2, 0.25) is 0 Å². The van der Waals surface area contributed by atoms with Crippen LogP contribution in [0.5, 0.6) is 0 Å². The van der Waals surface area contributed by atoms with E-state index in [1.165, 1.54) is 18.2 Å². The van der Waals surface area contributed by atoms with Crippen molar-refractivity contribution in [1.82, 2.24) is 4.90 Å². The van der Waals surface area contributed by atoms with Gasteiger partial charge in [-0.3, -0.25) is 19.8 Å². The predicted molar refractivity (Wildman–Crippen MR) is 77.6 cm³/mol. The smallest absolute Gasteiger partial charge is 0.270 e. The lowest BCUT2D eigenvalue weighted by atomic mass is 10.1. The Morgan fingerprint density at radius 2 is 1.86 bits per heavy atom. The highest BCUT2D eigenvalue weighted by atomic mass is 16.6. The Balaban J connectivity index is 2.71. The van der Waals surface area contributed by atoms with E-state index in [4.69, 9.17) is 9.47 Å². The van der Waals surface area contributed by atoms with Gasteiger partial charge in [0.05, 0.1) is 24.7 Å². The summed E-state index contributed by atoms with van der Waals surface area (Å²) in [6.07, 6.45) is 0. The van der Waals surface area contributed by atoms with Crippen molar-refractivity contribution in [1.29, 1.82) is 0 Å². The molecule has 0 atom stereocenters. The zero-order valence-corrected chi connectivity index (χ0v) is 12.3. The fraction of sp³-hybridized carbons (Fsp3) is 0.500. The van der Waals surface area contributed by atoms with E-state index in [2.05, 4.69) is 0 Å². The number of hydrogen-bond donors (Lipinski definition) is 0. The van der Waals surface area contributed by atoms with E-state index in [0.29, 0.717) is 31.9 Å². The van der Waals surface area contributed by atoms with Crippen molar-refractivity contribution >= 4 is 11.5 Å². The maximum atomic E-state index is 12.2. The van der Waals surface area contributed by atoms with Crippen LogP contribution in [0.4, 0.5) is 5.69 Å². The lowest BCUT2D eigenvalue weighted by Crippen LogP contribution is -2.35. The Labute approximate surface area is 123 Å². The molecule has 0 aliphatic carbocycles. The Kier molecular flexibility index (Phi) is 7.52. The van der Waals surface area contributed by atoms with E-state index in [1.807, 2.05) is 4.90 Å². The number of ketones is 1. The first kappa shape index (κ1) is 17.2. The van der Waals surface area contributed by atoms with E-state index < -0.39 is 4.92 Å². The summed E-state index contributed by atoms with van der Waals surface area (Å²) in [4.78, 5) is 24.3. The summed E-state index contributed by atoms with van der Waals surface area (Å²) in [6, 6.07) is 5.76. The van der Waals surface area contributed by atoms with Crippen molar-refractivity contribution in [2.75, 3.05) is 47.1 Å². The number of nitro groups is 1. The maximum absolute atomic E-state index is 12.2. The minimum absolute atomic E-state index is 0.0822. The molecule has 1 rings (SSSR count). The zero-order chi connectivity index (χ0) is 15.7. The molecule has 21 heavy (non-hydrogen) atoms. The Hall–Kier alpha value is -1.83. The van der Waals surface area contributed by atoms with Crippen LogP contribution in [0.15, 0.2) is 24.3 Å². The molecule has 0 radical (unpaired) electrons. The van der Waals surface area contributed by atoms with E-state index in [-0.39, 0.29) is 18.0 Å². The van der Waals surface area contributed by atoms with Crippen molar-refractivity contribution in [3.63, 3.8) is 0 Å². The summed E-state index contributed by atoms with van der Waals surface area (Å²) in [6.45, 7) is 2.38. The van der Waals surface area contributed by atoms with Gasteiger partial charge in [0.1, 0.15) is 0 Å². The molecule has 0 saturated heterocycles. The molecular formula is C14H20N2O5. The van der Waals surface area contributed by atoms with Gasteiger partial charge in [0.25, 0.3) is 5.69 Å². The first-order chi connectivity index (χ1) is 10.1. The molecule has 0 saturated carbocycles. The summed E-state index contributed by atoms with van der Waals surface area (Å²) in [7, 11) is 3.19. The van der Waals surface area contributed by atoms with E-state index in [0.717, 1.165) is 0 Å². The van der Waals surface area contributed by atoms with Gasteiger partial charge in [-0.25, -0.2) is 0 Å². The second-order valence-electron chi connectivity index (χ2n) is 4.49. The second-order valence-corrected chi connectivity index (χ2v) is 4.49. The van der Waals surface area contributed by atoms with Crippen LogP contribution >= 0.6 is 0 Å². The molecule has 0 N–H and O–H groups in total. The normalized spacial score (nSPS) is 10.8. The molecule has 0 aliphatic rings. The van der Waals surface area contributed by atoms with E-state index >= 15 is 0 Å². The molecule has 0 amide bonds. The molecule has 0 fully saturated rings. The Morgan fingerprint density at radius 3 is 2.38 bits per heavy atom. The van der Waals surface area contributed by atoms with E-state index in [1.54, 1.807) is 20.3 Å². The highest BCUT2D eigenvalue weighted by molar-refractivity contribution is 5.98. The van der Waals surface area contributed by atoms with Crippen LogP contribution in [0, 0.1) is 10.1 Å². The SMILES string of the molecule is COCCN(CCOC)CC(=O)c1cccc([N+](=O)[O-])c1. The number of carbonyl (C=O) groups excluding carboxylic acids is 1. The van der Waals surface area contributed by atoms with Gasteiger partial charge in [0.2, 0.25) is 0 Å². The van der Waals surface area contributed by atoms with Crippen molar-refractivity contribution in [2.45, 2.75) is 0 Å². The van der Waals surface area contributed by atoms with Gasteiger partial charge in [0.15, 0.2) is 5.78 Å². The third kappa shape index (κ3) is 5.99. The van der Waals surface area contributed by atoms with Crippen molar-refractivity contribution in [3.05, 3.63) is 39.9 Å². The molecule has 1 aromatic carbocycles. The summed E-state index contributed by atoms with van der Waals surface area (Å²) < 4.78 is 10.0. The molecule has 0 bridgehead atoms. The van der Waals surface area contributed by atoms with Crippen LogP contribution in [0.25, 0.3) is 0 Å². The second kappa shape index (κ2) is 9.17. The van der Waals surface area contributed by atoms with Crippen LogP contribution in [0.1, 0.15) is 10.4 Å². The number of ether oxygens (including phenoxy) is 2. The number of Topliss-reactive ketones (excluding diaryl/α,β-unsaturated/α-hetero) is 1. The number of hydrogen-bond acceptors (Lipinski definition) is 6. The highest BCUT2D eigenvalue weighted by Crippen LogP contribution is 2.13.